The van der Waals surface area contributed by atoms with Crippen molar-refractivity contribution in [3.63, 3.8) is 0 Å². The predicted molar refractivity (Wildman–Crippen MR) is 71.5 cm³/mol. The van der Waals surface area contributed by atoms with Crippen LogP contribution < -0.4 is 0 Å². The van der Waals surface area contributed by atoms with Crippen molar-refractivity contribution in [2.24, 2.45) is 5.92 Å². The van der Waals surface area contributed by atoms with Crippen molar-refractivity contribution in [1.82, 2.24) is 4.57 Å². The van der Waals surface area contributed by atoms with Gasteiger partial charge in [0.1, 0.15) is 0 Å². The zero-order valence-electron chi connectivity index (χ0n) is 10.9. The van der Waals surface area contributed by atoms with Gasteiger partial charge in [0, 0.05) is 18.4 Å². The highest BCUT2D eigenvalue weighted by Gasteiger charge is 2.01. The molecular weight excluding hydrogens is 194 g/mol. The molecule has 88 valence electrons. The third-order valence-corrected chi connectivity index (χ3v) is 2.77. The van der Waals surface area contributed by atoms with E-state index in [4.69, 9.17) is 0 Å². The van der Waals surface area contributed by atoms with E-state index in [1.54, 1.807) is 5.57 Å². The molecule has 0 radical (unpaired) electrons. The van der Waals surface area contributed by atoms with Gasteiger partial charge in [-0.1, -0.05) is 37.6 Å². The Labute approximate surface area is 99.5 Å². The van der Waals surface area contributed by atoms with Crippen molar-refractivity contribution in [3.8, 4) is 0 Å². The standard InChI is InChI=1S/C8H12.C7H11N/c2*1-7(2)8-5-3-4-6-8/h3-5,7H,6H2,1-2H3;3-7H,1-2H3. The molecule has 1 nitrogen and oxygen atoms in total. The molecule has 2 rings (SSSR count). The number of hydrogen-bond acceptors (Lipinski definition) is 0. The minimum atomic E-state index is 0.602. The van der Waals surface area contributed by atoms with Gasteiger partial charge in [0.2, 0.25) is 0 Å². The van der Waals surface area contributed by atoms with Gasteiger partial charge in [-0.15, -0.1) is 0 Å². The van der Waals surface area contributed by atoms with Crippen molar-refractivity contribution in [3.05, 3.63) is 48.3 Å². The van der Waals surface area contributed by atoms with Crippen molar-refractivity contribution in [1.29, 1.82) is 0 Å². The van der Waals surface area contributed by atoms with Crippen LogP contribution in [0.25, 0.3) is 0 Å². The normalized spacial score (nSPS) is 14.0. The van der Waals surface area contributed by atoms with Crippen LogP contribution in [-0.2, 0) is 0 Å². The maximum Gasteiger partial charge on any atom is 0.0274 e. The first-order valence-corrected chi connectivity index (χ1v) is 6.09. The Balaban J connectivity index is 0.000000160. The summed E-state index contributed by atoms with van der Waals surface area (Å²) in [4.78, 5) is 0. The maximum atomic E-state index is 2.23. The first-order chi connectivity index (χ1) is 7.61. The lowest BCUT2D eigenvalue weighted by Gasteiger charge is -2.03. The SMILES string of the molecule is CC(C)C1=CC=CC1.CC(C)n1cccc1. The van der Waals surface area contributed by atoms with Crippen LogP contribution in [0.2, 0.25) is 0 Å². The molecule has 0 bridgehead atoms. The van der Waals surface area contributed by atoms with E-state index in [0.29, 0.717) is 6.04 Å². The molecule has 0 amide bonds. The van der Waals surface area contributed by atoms with Gasteiger partial charge in [-0.2, -0.15) is 0 Å². The van der Waals surface area contributed by atoms with Gasteiger partial charge in [0.05, 0.1) is 0 Å². The second-order valence-electron chi connectivity index (χ2n) is 4.75. The van der Waals surface area contributed by atoms with Crippen LogP contribution in [0.15, 0.2) is 48.3 Å². The van der Waals surface area contributed by atoms with Gasteiger partial charge in [0.25, 0.3) is 0 Å². The molecule has 0 saturated heterocycles. The van der Waals surface area contributed by atoms with E-state index in [0.717, 1.165) is 5.92 Å². The van der Waals surface area contributed by atoms with Crippen LogP contribution in [0.3, 0.4) is 0 Å². The predicted octanol–water partition coefficient (Wildman–Crippen LogP) is 4.60. The van der Waals surface area contributed by atoms with Gasteiger partial charge < -0.3 is 4.57 Å². The minimum Gasteiger partial charge on any atom is -0.352 e. The second kappa shape index (κ2) is 6.37. The first-order valence-electron chi connectivity index (χ1n) is 6.09. The summed E-state index contributed by atoms with van der Waals surface area (Å²) in [5, 5.41) is 0. The largest absolute Gasteiger partial charge is 0.352 e. The molecule has 1 aliphatic rings. The van der Waals surface area contributed by atoms with Crippen molar-refractivity contribution < 1.29 is 0 Å². The lowest BCUT2D eigenvalue weighted by molar-refractivity contribution is 0.604. The van der Waals surface area contributed by atoms with Crippen LogP contribution in [0.1, 0.15) is 40.2 Å². The van der Waals surface area contributed by atoms with Crippen molar-refractivity contribution >= 4 is 0 Å². The van der Waals surface area contributed by atoms with Crippen LogP contribution in [0, 0.1) is 5.92 Å². The Morgan fingerprint density at radius 3 is 1.94 bits per heavy atom. The summed E-state index contributed by atoms with van der Waals surface area (Å²) in [6.45, 7) is 8.80. The molecule has 0 saturated carbocycles. The van der Waals surface area contributed by atoms with Crippen molar-refractivity contribution in [2.75, 3.05) is 0 Å². The topological polar surface area (TPSA) is 4.93 Å². The number of allylic oxidation sites excluding steroid dienone is 4. The summed E-state index contributed by atoms with van der Waals surface area (Å²) in [5.41, 5.74) is 1.56. The van der Waals surface area contributed by atoms with E-state index in [9.17, 15) is 0 Å². The fraction of sp³-hybridized carbons (Fsp3) is 0.467. The molecule has 16 heavy (non-hydrogen) atoms. The van der Waals surface area contributed by atoms with E-state index in [2.05, 4.69) is 62.9 Å². The van der Waals surface area contributed by atoms with Crippen LogP contribution >= 0.6 is 0 Å². The van der Waals surface area contributed by atoms with Crippen molar-refractivity contribution in [2.45, 2.75) is 40.2 Å². The van der Waals surface area contributed by atoms with Gasteiger partial charge in [0.15, 0.2) is 0 Å². The average molecular weight is 217 g/mol. The Bertz CT molecular complexity index is 340. The van der Waals surface area contributed by atoms with Gasteiger partial charge >= 0.3 is 0 Å². The summed E-state index contributed by atoms with van der Waals surface area (Å²) in [5.74, 6) is 0.741. The van der Waals surface area contributed by atoms with Crippen LogP contribution in [-0.4, -0.2) is 4.57 Å². The van der Waals surface area contributed by atoms with Gasteiger partial charge in [-0.25, -0.2) is 0 Å². The lowest BCUT2D eigenvalue weighted by Crippen LogP contribution is -1.94. The third-order valence-electron chi connectivity index (χ3n) is 2.77. The Morgan fingerprint density at radius 2 is 1.69 bits per heavy atom. The number of aromatic nitrogens is 1. The highest BCUT2D eigenvalue weighted by Crippen LogP contribution is 2.18. The molecule has 1 aromatic heterocycles. The molecule has 1 aliphatic carbocycles. The maximum absolute atomic E-state index is 2.23. The number of rotatable bonds is 2. The Hall–Kier alpha value is -1.24. The summed E-state index contributed by atoms with van der Waals surface area (Å²) in [7, 11) is 0. The highest BCUT2D eigenvalue weighted by molar-refractivity contribution is 5.23. The van der Waals surface area contributed by atoms with Gasteiger partial charge in [-0.3, -0.25) is 0 Å². The Morgan fingerprint density at radius 1 is 1.06 bits per heavy atom. The molecule has 1 heterocycles. The molecule has 1 aromatic rings. The highest BCUT2D eigenvalue weighted by atomic mass is 15.0. The number of nitrogens with zero attached hydrogens (tertiary/aromatic N) is 1. The monoisotopic (exact) mass is 217 g/mol. The quantitative estimate of drug-likeness (QED) is 0.682. The summed E-state index contributed by atoms with van der Waals surface area (Å²) < 4.78 is 2.17. The zero-order chi connectivity index (χ0) is 12.0. The van der Waals surface area contributed by atoms with E-state index in [1.165, 1.54) is 6.42 Å². The average Bonchev–Trinajstić information content (AvgIpc) is 2.93. The zero-order valence-corrected chi connectivity index (χ0v) is 10.9. The van der Waals surface area contributed by atoms with E-state index in [1.807, 2.05) is 12.1 Å². The second-order valence-corrected chi connectivity index (χ2v) is 4.75. The van der Waals surface area contributed by atoms with Crippen LogP contribution in [0.4, 0.5) is 0 Å². The molecule has 0 spiro atoms. The fourth-order valence-corrected chi connectivity index (χ4v) is 1.58. The molecule has 0 aliphatic heterocycles. The first kappa shape index (κ1) is 12.8. The Kier molecular flexibility index (Phi) is 5.10. The summed E-state index contributed by atoms with van der Waals surface area (Å²) in [6.07, 6.45) is 11.9. The smallest absolute Gasteiger partial charge is 0.0274 e. The fourth-order valence-electron chi connectivity index (χ4n) is 1.58. The van der Waals surface area contributed by atoms with Gasteiger partial charge in [-0.05, 0) is 38.3 Å². The molecule has 0 N–H and O–H groups in total. The molecule has 0 fully saturated rings. The lowest BCUT2D eigenvalue weighted by atomic mass is 10.0. The van der Waals surface area contributed by atoms with E-state index in [-0.39, 0.29) is 0 Å². The van der Waals surface area contributed by atoms with Crippen LogP contribution in [0.5, 0.6) is 0 Å². The molecule has 0 atom stereocenters. The number of hydrogen-bond donors (Lipinski definition) is 0. The molecule has 1 heteroatoms. The summed E-state index contributed by atoms with van der Waals surface area (Å²) in [6, 6.07) is 4.69. The van der Waals surface area contributed by atoms with E-state index >= 15 is 0 Å². The van der Waals surface area contributed by atoms with E-state index < -0.39 is 0 Å². The molecule has 0 aromatic carbocycles. The minimum absolute atomic E-state index is 0.602. The third kappa shape index (κ3) is 4.09. The molecule has 0 unspecified atom stereocenters. The summed E-state index contributed by atoms with van der Waals surface area (Å²) >= 11 is 0. The molecular formula is C15H23N.